The number of nitrogens with one attached hydrogen (secondary N) is 1. The Kier molecular flexibility index (Phi) is 3.66. The van der Waals surface area contributed by atoms with Gasteiger partial charge in [-0.05, 0) is 19.1 Å². The van der Waals surface area contributed by atoms with E-state index in [9.17, 15) is 0 Å². The number of aryl methyl sites for hydroxylation is 1. The molecule has 0 aliphatic carbocycles. The maximum Gasteiger partial charge on any atom is 0.227 e. The van der Waals surface area contributed by atoms with Gasteiger partial charge in [0.15, 0.2) is 5.82 Å². The summed E-state index contributed by atoms with van der Waals surface area (Å²) in [6, 6.07) is 3.39. The monoisotopic (exact) mass is 234 g/mol. The molecule has 2 heterocycles. The summed E-state index contributed by atoms with van der Waals surface area (Å²) in [7, 11) is 0. The third-order valence-electron chi connectivity index (χ3n) is 2.20. The highest BCUT2D eigenvalue weighted by molar-refractivity contribution is 5.17. The molecule has 0 atom stereocenters. The molecule has 0 saturated heterocycles. The third kappa shape index (κ3) is 3.53. The summed E-state index contributed by atoms with van der Waals surface area (Å²) in [6.07, 6.45) is 2.12. The fraction of sp³-hybridized carbons (Fsp3) is 0.364. The van der Waals surface area contributed by atoms with Crippen LogP contribution in [0.25, 0.3) is 0 Å². The molecule has 17 heavy (non-hydrogen) atoms. The summed E-state index contributed by atoms with van der Waals surface area (Å²) in [6.45, 7) is 3.18. The molecule has 0 unspecified atom stereocenters. The number of aromatic nitrogens is 3. The Bertz CT molecular complexity index is 467. The van der Waals surface area contributed by atoms with Crippen LogP contribution in [-0.4, -0.2) is 26.8 Å². The number of nitrogens with zero attached hydrogens (tertiary/aromatic N) is 3. The Balaban J connectivity index is 1.71. The SMILES string of the molecule is Cc1noc(CCNCc2ccc(O)cn2)n1. The van der Waals surface area contributed by atoms with Crippen LogP contribution in [0.3, 0.4) is 0 Å². The summed E-state index contributed by atoms with van der Waals surface area (Å²) in [5.74, 6) is 1.46. The van der Waals surface area contributed by atoms with Crippen molar-refractivity contribution in [3.05, 3.63) is 35.7 Å². The molecular weight excluding hydrogens is 220 g/mol. The van der Waals surface area contributed by atoms with E-state index in [1.165, 1.54) is 6.20 Å². The fourth-order valence-electron chi connectivity index (χ4n) is 1.37. The molecule has 0 aliphatic heterocycles. The topological polar surface area (TPSA) is 84.1 Å². The van der Waals surface area contributed by atoms with Crippen LogP contribution >= 0.6 is 0 Å². The first-order valence-corrected chi connectivity index (χ1v) is 5.38. The lowest BCUT2D eigenvalue weighted by Gasteiger charge is -2.02. The van der Waals surface area contributed by atoms with Crippen LogP contribution < -0.4 is 5.32 Å². The first-order valence-electron chi connectivity index (χ1n) is 5.38. The smallest absolute Gasteiger partial charge is 0.227 e. The Morgan fingerprint density at radius 2 is 2.29 bits per heavy atom. The van der Waals surface area contributed by atoms with Crippen LogP contribution in [0.5, 0.6) is 5.75 Å². The molecule has 0 radical (unpaired) electrons. The number of pyridine rings is 1. The highest BCUT2D eigenvalue weighted by atomic mass is 16.5. The van der Waals surface area contributed by atoms with Gasteiger partial charge in [-0.15, -0.1) is 0 Å². The molecule has 0 saturated carbocycles. The molecule has 2 aromatic rings. The Morgan fingerprint density at radius 3 is 2.94 bits per heavy atom. The molecule has 2 N–H and O–H groups in total. The van der Waals surface area contributed by atoms with Gasteiger partial charge in [-0.25, -0.2) is 0 Å². The first kappa shape index (κ1) is 11.5. The lowest BCUT2D eigenvalue weighted by atomic mass is 10.3. The zero-order chi connectivity index (χ0) is 12.1. The van der Waals surface area contributed by atoms with Gasteiger partial charge in [0.1, 0.15) is 5.75 Å². The van der Waals surface area contributed by atoms with Gasteiger partial charge in [0.25, 0.3) is 0 Å². The van der Waals surface area contributed by atoms with E-state index in [0.29, 0.717) is 24.7 Å². The van der Waals surface area contributed by atoms with Crippen molar-refractivity contribution < 1.29 is 9.63 Å². The summed E-state index contributed by atoms with van der Waals surface area (Å²) >= 11 is 0. The maximum atomic E-state index is 9.07. The molecule has 0 bridgehead atoms. The minimum Gasteiger partial charge on any atom is -0.506 e. The molecule has 2 aromatic heterocycles. The standard InChI is InChI=1S/C11H14N4O2/c1-8-14-11(17-15-8)4-5-12-6-9-2-3-10(16)7-13-9/h2-3,7,12,16H,4-6H2,1H3. The van der Waals surface area contributed by atoms with E-state index in [1.54, 1.807) is 19.1 Å². The van der Waals surface area contributed by atoms with Crippen LogP contribution in [0.1, 0.15) is 17.4 Å². The van der Waals surface area contributed by atoms with Crippen molar-refractivity contribution in [2.24, 2.45) is 0 Å². The molecule has 6 heteroatoms. The van der Waals surface area contributed by atoms with Gasteiger partial charge in [-0.2, -0.15) is 4.98 Å². The largest absolute Gasteiger partial charge is 0.506 e. The fourth-order valence-corrected chi connectivity index (χ4v) is 1.37. The molecule has 6 nitrogen and oxygen atoms in total. The van der Waals surface area contributed by atoms with E-state index in [4.69, 9.17) is 9.63 Å². The number of hydrogen-bond acceptors (Lipinski definition) is 6. The van der Waals surface area contributed by atoms with Gasteiger partial charge in [-0.1, -0.05) is 5.16 Å². The summed E-state index contributed by atoms with van der Waals surface area (Å²) in [4.78, 5) is 8.16. The van der Waals surface area contributed by atoms with Crippen molar-refractivity contribution >= 4 is 0 Å². The second-order valence-corrected chi connectivity index (χ2v) is 3.67. The van der Waals surface area contributed by atoms with Gasteiger partial charge < -0.3 is 14.9 Å². The average molecular weight is 234 g/mol. The second-order valence-electron chi connectivity index (χ2n) is 3.67. The normalized spacial score (nSPS) is 10.6. The quantitative estimate of drug-likeness (QED) is 0.745. The third-order valence-corrected chi connectivity index (χ3v) is 2.20. The Morgan fingerprint density at radius 1 is 1.41 bits per heavy atom. The average Bonchev–Trinajstić information content (AvgIpc) is 2.73. The van der Waals surface area contributed by atoms with Crippen molar-refractivity contribution in [1.29, 1.82) is 0 Å². The van der Waals surface area contributed by atoms with E-state index in [0.717, 1.165) is 12.2 Å². The zero-order valence-electron chi connectivity index (χ0n) is 9.55. The predicted octanol–water partition coefficient (Wildman–Crippen LogP) is 0.811. The zero-order valence-corrected chi connectivity index (χ0v) is 9.55. The van der Waals surface area contributed by atoms with Gasteiger partial charge in [0.2, 0.25) is 5.89 Å². The van der Waals surface area contributed by atoms with Crippen molar-refractivity contribution in [1.82, 2.24) is 20.4 Å². The summed E-state index contributed by atoms with van der Waals surface area (Å²) < 4.78 is 4.98. The van der Waals surface area contributed by atoms with E-state index >= 15 is 0 Å². The molecule has 2 rings (SSSR count). The van der Waals surface area contributed by atoms with Crippen molar-refractivity contribution in [3.63, 3.8) is 0 Å². The highest BCUT2D eigenvalue weighted by Gasteiger charge is 2.01. The van der Waals surface area contributed by atoms with E-state index < -0.39 is 0 Å². The summed E-state index contributed by atoms with van der Waals surface area (Å²) in [5.41, 5.74) is 0.879. The van der Waals surface area contributed by atoms with Crippen molar-refractivity contribution in [2.75, 3.05) is 6.54 Å². The Labute approximate surface area is 98.7 Å². The van der Waals surface area contributed by atoms with Crippen LogP contribution in [0.2, 0.25) is 0 Å². The highest BCUT2D eigenvalue weighted by Crippen LogP contribution is 2.05. The molecule has 0 aromatic carbocycles. The van der Waals surface area contributed by atoms with Gasteiger partial charge >= 0.3 is 0 Å². The van der Waals surface area contributed by atoms with E-state index in [2.05, 4.69) is 20.4 Å². The molecule has 90 valence electrons. The van der Waals surface area contributed by atoms with Gasteiger partial charge in [0, 0.05) is 19.5 Å². The van der Waals surface area contributed by atoms with E-state index in [-0.39, 0.29) is 5.75 Å². The molecular formula is C11H14N4O2. The maximum absolute atomic E-state index is 9.07. The van der Waals surface area contributed by atoms with Gasteiger partial charge in [0.05, 0.1) is 11.9 Å². The van der Waals surface area contributed by atoms with Crippen LogP contribution in [0.15, 0.2) is 22.9 Å². The van der Waals surface area contributed by atoms with Gasteiger partial charge in [-0.3, -0.25) is 4.98 Å². The van der Waals surface area contributed by atoms with Crippen LogP contribution in [-0.2, 0) is 13.0 Å². The second kappa shape index (κ2) is 5.40. The summed E-state index contributed by atoms with van der Waals surface area (Å²) in [5, 5.41) is 16.0. The minimum atomic E-state index is 0.176. The predicted molar refractivity (Wildman–Crippen MR) is 60.3 cm³/mol. The van der Waals surface area contributed by atoms with Crippen LogP contribution in [0.4, 0.5) is 0 Å². The van der Waals surface area contributed by atoms with Crippen LogP contribution in [0, 0.1) is 6.92 Å². The Hall–Kier alpha value is -1.95. The molecule has 0 spiro atoms. The van der Waals surface area contributed by atoms with Crippen molar-refractivity contribution in [2.45, 2.75) is 19.9 Å². The first-order chi connectivity index (χ1) is 8.24. The lowest BCUT2D eigenvalue weighted by molar-refractivity contribution is 0.372. The number of aromatic hydroxyl groups is 1. The minimum absolute atomic E-state index is 0.176. The molecule has 0 fully saturated rings. The molecule has 0 aliphatic rings. The molecule has 0 amide bonds. The number of hydrogen-bond donors (Lipinski definition) is 2. The van der Waals surface area contributed by atoms with Crippen molar-refractivity contribution in [3.8, 4) is 5.75 Å². The lowest BCUT2D eigenvalue weighted by Crippen LogP contribution is -2.17. The van der Waals surface area contributed by atoms with E-state index in [1.807, 2.05) is 0 Å². The number of rotatable bonds is 5.